The van der Waals surface area contributed by atoms with Crippen LogP contribution in [0.1, 0.15) is 25.7 Å². The SMILES string of the molecule is O=C(NCCC1CCNC1)C1CCCN(C(=O)Nc2ccccc2)C1. The molecule has 2 saturated heterocycles. The van der Waals surface area contributed by atoms with Crippen LogP contribution in [0.5, 0.6) is 0 Å². The Labute approximate surface area is 149 Å². The van der Waals surface area contributed by atoms with Crippen LogP contribution in [0.15, 0.2) is 30.3 Å². The first-order valence-electron chi connectivity index (χ1n) is 9.32. The summed E-state index contributed by atoms with van der Waals surface area (Å²) in [4.78, 5) is 26.6. The van der Waals surface area contributed by atoms with E-state index in [1.54, 1.807) is 4.90 Å². The van der Waals surface area contributed by atoms with E-state index in [0.717, 1.165) is 44.6 Å². The van der Waals surface area contributed by atoms with E-state index >= 15 is 0 Å². The van der Waals surface area contributed by atoms with Crippen LogP contribution in [-0.2, 0) is 4.79 Å². The van der Waals surface area contributed by atoms with Crippen LogP contribution in [0.4, 0.5) is 10.5 Å². The average molecular weight is 344 g/mol. The van der Waals surface area contributed by atoms with Gasteiger partial charge in [0, 0.05) is 25.3 Å². The summed E-state index contributed by atoms with van der Waals surface area (Å²) in [7, 11) is 0. The molecular weight excluding hydrogens is 316 g/mol. The van der Waals surface area contributed by atoms with Gasteiger partial charge < -0.3 is 20.9 Å². The van der Waals surface area contributed by atoms with E-state index in [4.69, 9.17) is 0 Å². The van der Waals surface area contributed by atoms with Crippen molar-refractivity contribution in [2.75, 3.05) is 38.0 Å². The minimum atomic E-state index is -0.124. The zero-order valence-corrected chi connectivity index (χ0v) is 14.7. The highest BCUT2D eigenvalue weighted by Gasteiger charge is 2.28. The molecule has 0 aromatic heterocycles. The third-order valence-corrected chi connectivity index (χ3v) is 5.12. The quantitative estimate of drug-likeness (QED) is 0.765. The fourth-order valence-electron chi connectivity index (χ4n) is 3.60. The van der Waals surface area contributed by atoms with E-state index in [-0.39, 0.29) is 17.9 Å². The van der Waals surface area contributed by atoms with Gasteiger partial charge in [0.1, 0.15) is 0 Å². The summed E-state index contributed by atoms with van der Waals surface area (Å²) in [5.41, 5.74) is 0.782. The maximum Gasteiger partial charge on any atom is 0.321 e. The van der Waals surface area contributed by atoms with Gasteiger partial charge in [-0.3, -0.25) is 4.79 Å². The fraction of sp³-hybridized carbons (Fsp3) is 0.579. The number of nitrogens with one attached hydrogen (secondary N) is 3. The lowest BCUT2D eigenvalue weighted by Gasteiger charge is -2.32. The maximum atomic E-state index is 12.4. The smallest absolute Gasteiger partial charge is 0.321 e. The van der Waals surface area contributed by atoms with E-state index < -0.39 is 0 Å². The fourth-order valence-corrected chi connectivity index (χ4v) is 3.60. The number of benzene rings is 1. The highest BCUT2D eigenvalue weighted by molar-refractivity contribution is 5.90. The van der Waals surface area contributed by atoms with Gasteiger partial charge in [0.25, 0.3) is 0 Å². The molecule has 25 heavy (non-hydrogen) atoms. The molecule has 3 rings (SSSR count). The van der Waals surface area contributed by atoms with Crippen molar-refractivity contribution < 1.29 is 9.59 Å². The van der Waals surface area contributed by atoms with Crippen molar-refractivity contribution >= 4 is 17.6 Å². The van der Waals surface area contributed by atoms with Gasteiger partial charge in [0.15, 0.2) is 0 Å². The number of carbonyl (C=O) groups excluding carboxylic acids is 2. The zero-order chi connectivity index (χ0) is 17.5. The second-order valence-corrected chi connectivity index (χ2v) is 7.02. The number of carbonyl (C=O) groups is 2. The van der Waals surface area contributed by atoms with Crippen molar-refractivity contribution in [3.63, 3.8) is 0 Å². The Morgan fingerprint density at radius 2 is 2.04 bits per heavy atom. The van der Waals surface area contributed by atoms with Crippen LogP contribution in [0.2, 0.25) is 0 Å². The van der Waals surface area contributed by atoms with Crippen molar-refractivity contribution in [1.82, 2.24) is 15.5 Å². The summed E-state index contributed by atoms with van der Waals surface area (Å²) in [6, 6.07) is 9.30. The van der Waals surface area contributed by atoms with E-state index in [1.165, 1.54) is 6.42 Å². The molecule has 2 unspecified atom stereocenters. The number of para-hydroxylation sites is 1. The first-order valence-corrected chi connectivity index (χ1v) is 9.32. The first-order chi connectivity index (χ1) is 12.2. The summed E-state index contributed by atoms with van der Waals surface area (Å²) in [5.74, 6) is 0.667. The molecule has 6 heteroatoms. The largest absolute Gasteiger partial charge is 0.356 e. The monoisotopic (exact) mass is 344 g/mol. The summed E-state index contributed by atoms with van der Waals surface area (Å²) in [6.45, 7) is 4.09. The van der Waals surface area contributed by atoms with Gasteiger partial charge in [-0.25, -0.2) is 4.79 Å². The molecular formula is C19H28N4O2. The van der Waals surface area contributed by atoms with Crippen LogP contribution >= 0.6 is 0 Å². The summed E-state index contributed by atoms with van der Waals surface area (Å²) in [5, 5.41) is 9.31. The Kier molecular flexibility index (Phi) is 6.28. The van der Waals surface area contributed by atoms with Crippen LogP contribution in [-0.4, -0.2) is 49.6 Å². The van der Waals surface area contributed by atoms with Gasteiger partial charge in [-0.15, -0.1) is 0 Å². The molecule has 136 valence electrons. The lowest BCUT2D eigenvalue weighted by molar-refractivity contribution is -0.126. The molecule has 0 saturated carbocycles. The number of hydrogen-bond donors (Lipinski definition) is 3. The van der Waals surface area contributed by atoms with Gasteiger partial charge in [-0.2, -0.15) is 0 Å². The van der Waals surface area contributed by atoms with E-state index in [2.05, 4.69) is 16.0 Å². The summed E-state index contributed by atoms with van der Waals surface area (Å²) in [6.07, 6.45) is 3.95. The highest BCUT2D eigenvalue weighted by atomic mass is 16.2. The summed E-state index contributed by atoms with van der Waals surface area (Å²) >= 11 is 0. The van der Waals surface area contributed by atoms with Gasteiger partial charge in [0.2, 0.25) is 5.91 Å². The van der Waals surface area contributed by atoms with Crippen LogP contribution in [0.3, 0.4) is 0 Å². The lowest BCUT2D eigenvalue weighted by Crippen LogP contribution is -2.47. The molecule has 2 atom stereocenters. The molecule has 2 aliphatic rings. The molecule has 2 aliphatic heterocycles. The van der Waals surface area contributed by atoms with E-state index in [1.807, 2.05) is 30.3 Å². The van der Waals surface area contributed by atoms with Gasteiger partial charge >= 0.3 is 6.03 Å². The molecule has 0 spiro atoms. The van der Waals surface area contributed by atoms with Crippen molar-refractivity contribution in [2.45, 2.75) is 25.7 Å². The second kappa shape index (κ2) is 8.85. The average Bonchev–Trinajstić information content (AvgIpc) is 3.16. The van der Waals surface area contributed by atoms with Crippen molar-refractivity contribution in [3.05, 3.63) is 30.3 Å². The predicted octanol–water partition coefficient (Wildman–Crippen LogP) is 2.05. The number of amides is 3. The topological polar surface area (TPSA) is 73.5 Å². The number of urea groups is 1. The van der Waals surface area contributed by atoms with Crippen LogP contribution < -0.4 is 16.0 Å². The minimum Gasteiger partial charge on any atom is -0.356 e. The third-order valence-electron chi connectivity index (χ3n) is 5.12. The standard InChI is InChI=1S/C19H28N4O2/c24-18(21-11-9-15-8-10-20-13-15)16-5-4-12-23(14-16)19(25)22-17-6-2-1-3-7-17/h1-3,6-7,15-16,20H,4-5,8-14H2,(H,21,24)(H,22,25). The number of nitrogens with zero attached hydrogens (tertiary/aromatic N) is 1. The molecule has 1 aromatic rings. The molecule has 0 radical (unpaired) electrons. The summed E-state index contributed by atoms with van der Waals surface area (Å²) < 4.78 is 0. The molecule has 2 fully saturated rings. The highest BCUT2D eigenvalue weighted by Crippen LogP contribution is 2.18. The number of piperidine rings is 1. The number of likely N-dealkylation sites (tertiary alicyclic amines) is 1. The van der Waals surface area contributed by atoms with Crippen LogP contribution in [0.25, 0.3) is 0 Å². The molecule has 2 heterocycles. The third kappa shape index (κ3) is 5.19. The Hall–Kier alpha value is -2.08. The molecule has 0 aliphatic carbocycles. The molecule has 1 aromatic carbocycles. The molecule has 0 bridgehead atoms. The lowest BCUT2D eigenvalue weighted by atomic mass is 9.97. The minimum absolute atomic E-state index is 0.0863. The normalized spacial score (nSPS) is 23.3. The zero-order valence-electron chi connectivity index (χ0n) is 14.7. The number of rotatable bonds is 5. The Morgan fingerprint density at radius 1 is 1.20 bits per heavy atom. The number of anilines is 1. The Balaban J connectivity index is 1.43. The van der Waals surface area contributed by atoms with Gasteiger partial charge in [0.05, 0.1) is 5.92 Å². The van der Waals surface area contributed by atoms with Gasteiger partial charge in [-0.1, -0.05) is 18.2 Å². The van der Waals surface area contributed by atoms with Crippen molar-refractivity contribution in [2.24, 2.45) is 11.8 Å². The predicted molar refractivity (Wildman–Crippen MR) is 98.4 cm³/mol. The Bertz CT molecular complexity index is 572. The van der Waals surface area contributed by atoms with Gasteiger partial charge in [-0.05, 0) is 56.8 Å². The van der Waals surface area contributed by atoms with Crippen LogP contribution in [0, 0.1) is 11.8 Å². The molecule has 3 amide bonds. The molecule has 3 N–H and O–H groups in total. The van der Waals surface area contributed by atoms with E-state index in [9.17, 15) is 9.59 Å². The second-order valence-electron chi connectivity index (χ2n) is 7.02. The maximum absolute atomic E-state index is 12.4. The molecule has 6 nitrogen and oxygen atoms in total. The Morgan fingerprint density at radius 3 is 2.80 bits per heavy atom. The number of hydrogen-bond acceptors (Lipinski definition) is 3. The van der Waals surface area contributed by atoms with Crippen molar-refractivity contribution in [3.8, 4) is 0 Å². The van der Waals surface area contributed by atoms with Crippen molar-refractivity contribution in [1.29, 1.82) is 0 Å². The van der Waals surface area contributed by atoms with E-state index in [0.29, 0.717) is 19.0 Å². The first kappa shape index (κ1) is 17.7.